The quantitative estimate of drug-likeness (QED) is 0.883. The third kappa shape index (κ3) is 2.48. The zero-order chi connectivity index (χ0) is 13.1. The molecule has 1 N–H and O–H groups in total. The predicted octanol–water partition coefficient (Wildman–Crippen LogP) is 1.78. The molecule has 98 valence electrons. The van der Waals surface area contributed by atoms with Crippen molar-refractivity contribution in [1.82, 2.24) is 10.2 Å². The topological polar surface area (TPSA) is 41.6 Å². The molecule has 4 nitrogen and oxygen atoms in total. The Morgan fingerprint density at radius 2 is 2.17 bits per heavy atom. The monoisotopic (exact) mass is 248 g/mol. The number of para-hydroxylation sites is 1. The van der Waals surface area contributed by atoms with E-state index in [2.05, 4.69) is 19.2 Å². The standard InChI is InChI=1S/C14H20N2O2/c1-10(2)9-16-13(17)8-15-14(16)11-6-4-5-7-12(11)18-3/h4-7,10,14-15H,8-9H2,1-3H3. The Morgan fingerprint density at radius 1 is 1.44 bits per heavy atom. The van der Waals surface area contributed by atoms with Gasteiger partial charge in [-0.2, -0.15) is 0 Å². The highest BCUT2D eigenvalue weighted by atomic mass is 16.5. The summed E-state index contributed by atoms with van der Waals surface area (Å²) in [5.41, 5.74) is 1.02. The van der Waals surface area contributed by atoms with Gasteiger partial charge in [-0.3, -0.25) is 10.1 Å². The summed E-state index contributed by atoms with van der Waals surface area (Å²) in [6.45, 7) is 5.39. The number of rotatable bonds is 4. The molecular weight excluding hydrogens is 228 g/mol. The van der Waals surface area contributed by atoms with Crippen LogP contribution < -0.4 is 10.1 Å². The molecule has 4 heteroatoms. The van der Waals surface area contributed by atoms with E-state index < -0.39 is 0 Å². The number of hydrogen-bond acceptors (Lipinski definition) is 3. The van der Waals surface area contributed by atoms with Crippen molar-refractivity contribution >= 4 is 5.91 Å². The lowest BCUT2D eigenvalue weighted by atomic mass is 10.1. The summed E-state index contributed by atoms with van der Waals surface area (Å²) < 4.78 is 5.37. The Labute approximate surface area is 108 Å². The van der Waals surface area contributed by atoms with Crippen LogP contribution in [0.1, 0.15) is 25.6 Å². The highest BCUT2D eigenvalue weighted by Crippen LogP contribution is 2.30. The smallest absolute Gasteiger partial charge is 0.238 e. The molecule has 1 unspecified atom stereocenters. The van der Waals surface area contributed by atoms with E-state index in [4.69, 9.17) is 4.74 Å². The van der Waals surface area contributed by atoms with E-state index in [1.807, 2.05) is 29.2 Å². The lowest BCUT2D eigenvalue weighted by Crippen LogP contribution is -2.33. The van der Waals surface area contributed by atoms with Crippen molar-refractivity contribution in [1.29, 1.82) is 0 Å². The largest absolute Gasteiger partial charge is 0.496 e. The molecule has 1 saturated heterocycles. The van der Waals surface area contributed by atoms with Gasteiger partial charge in [0, 0.05) is 12.1 Å². The summed E-state index contributed by atoms with van der Waals surface area (Å²) in [7, 11) is 1.66. The van der Waals surface area contributed by atoms with Crippen LogP contribution in [-0.2, 0) is 4.79 Å². The number of benzene rings is 1. The highest BCUT2D eigenvalue weighted by Gasteiger charge is 2.33. The van der Waals surface area contributed by atoms with E-state index in [1.165, 1.54) is 0 Å². The molecular formula is C14H20N2O2. The van der Waals surface area contributed by atoms with Gasteiger partial charge < -0.3 is 9.64 Å². The van der Waals surface area contributed by atoms with Gasteiger partial charge in [-0.1, -0.05) is 32.0 Å². The molecule has 18 heavy (non-hydrogen) atoms. The molecule has 0 aromatic heterocycles. The van der Waals surface area contributed by atoms with Crippen LogP contribution in [0.15, 0.2) is 24.3 Å². The molecule has 0 spiro atoms. The van der Waals surface area contributed by atoms with Crippen molar-refractivity contribution in [3.63, 3.8) is 0 Å². The second-order valence-corrected chi connectivity index (χ2v) is 4.97. The minimum atomic E-state index is -0.0731. The van der Waals surface area contributed by atoms with Gasteiger partial charge in [-0.25, -0.2) is 0 Å². The minimum absolute atomic E-state index is 0.0731. The van der Waals surface area contributed by atoms with Crippen LogP contribution in [0.25, 0.3) is 0 Å². The van der Waals surface area contributed by atoms with Crippen LogP contribution in [0.2, 0.25) is 0 Å². The maximum atomic E-state index is 11.9. The number of nitrogens with one attached hydrogen (secondary N) is 1. The fourth-order valence-electron chi connectivity index (χ4n) is 2.31. The molecule has 1 heterocycles. The van der Waals surface area contributed by atoms with Crippen LogP contribution >= 0.6 is 0 Å². The molecule has 1 atom stereocenters. The first-order valence-electron chi connectivity index (χ1n) is 6.29. The van der Waals surface area contributed by atoms with Crippen molar-refractivity contribution in [3.8, 4) is 5.75 Å². The third-order valence-electron chi connectivity index (χ3n) is 3.07. The number of amides is 1. The number of hydrogen-bond donors (Lipinski definition) is 1. The predicted molar refractivity (Wildman–Crippen MR) is 70.3 cm³/mol. The van der Waals surface area contributed by atoms with E-state index in [1.54, 1.807) is 7.11 Å². The van der Waals surface area contributed by atoms with E-state index in [0.717, 1.165) is 17.9 Å². The number of carbonyl (C=O) groups excluding carboxylic acids is 1. The molecule has 1 fully saturated rings. The van der Waals surface area contributed by atoms with Crippen LogP contribution in [-0.4, -0.2) is 31.0 Å². The van der Waals surface area contributed by atoms with E-state index in [-0.39, 0.29) is 12.1 Å². The highest BCUT2D eigenvalue weighted by molar-refractivity contribution is 5.81. The van der Waals surface area contributed by atoms with Crippen molar-refractivity contribution in [2.24, 2.45) is 5.92 Å². The third-order valence-corrected chi connectivity index (χ3v) is 3.07. The van der Waals surface area contributed by atoms with Crippen molar-refractivity contribution in [2.45, 2.75) is 20.0 Å². The van der Waals surface area contributed by atoms with Crippen molar-refractivity contribution in [3.05, 3.63) is 29.8 Å². The molecule has 0 radical (unpaired) electrons. The summed E-state index contributed by atoms with van der Waals surface area (Å²) in [5.74, 6) is 1.42. The van der Waals surface area contributed by atoms with Crippen LogP contribution in [0.5, 0.6) is 5.75 Å². The fourth-order valence-corrected chi connectivity index (χ4v) is 2.31. The van der Waals surface area contributed by atoms with E-state index >= 15 is 0 Å². The van der Waals surface area contributed by atoms with Gasteiger partial charge in [0.25, 0.3) is 0 Å². The minimum Gasteiger partial charge on any atom is -0.496 e. The van der Waals surface area contributed by atoms with Gasteiger partial charge in [0.05, 0.1) is 13.7 Å². The summed E-state index contributed by atoms with van der Waals surface area (Å²) >= 11 is 0. The van der Waals surface area contributed by atoms with Gasteiger partial charge in [0.1, 0.15) is 11.9 Å². The zero-order valence-electron chi connectivity index (χ0n) is 11.1. The Hall–Kier alpha value is -1.55. The molecule has 1 aliphatic heterocycles. The van der Waals surface area contributed by atoms with Crippen molar-refractivity contribution in [2.75, 3.05) is 20.2 Å². The van der Waals surface area contributed by atoms with Gasteiger partial charge in [-0.15, -0.1) is 0 Å². The second kappa shape index (κ2) is 5.40. The van der Waals surface area contributed by atoms with Gasteiger partial charge >= 0.3 is 0 Å². The number of ether oxygens (including phenoxy) is 1. The number of nitrogens with zero attached hydrogens (tertiary/aromatic N) is 1. The van der Waals surface area contributed by atoms with Gasteiger partial charge in [0.2, 0.25) is 5.91 Å². The first-order valence-corrected chi connectivity index (χ1v) is 6.29. The number of carbonyl (C=O) groups is 1. The van der Waals surface area contributed by atoms with Crippen molar-refractivity contribution < 1.29 is 9.53 Å². The number of methoxy groups -OCH3 is 1. The maximum absolute atomic E-state index is 11.9. The van der Waals surface area contributed by atoms with Crippen LogP contribution in [0.4, 0.5) is 0 Å². The molecule has 1 aromatic carbocycles. The molecule has 1 amide bonds. The lowest BCUT2D eigenvalue weighted by molar-refractivity contribution is -0.128. The van der Waals surface area contributed by atoms with Gasteiger partial charge in [-0.05, 0) is 12.0 Å². The summed E-state index contributed by atoms with van der Waals surface area (Å²) in [6, 6.07) is 7.83. The molecule has 1 aliphatic rings. The van der Waals surface area contributed by atoms with Crippen LogP contribution in [0, 0.1) is 5.92 Å². The Bertz CT molecular complexity index is 432. The Kier molecular flexibility index (Phi) is 3.87. The Balaban J connectivity index is 2.28. The normalized spacial score (nSPS) is 19.7. The molecule has 1 aromatic rings. The van der Waals surface area contributed by atoms with E-state index in [9.17, 15) is 4.79 Å². The summed E-state index contributed by atoms with van der Waals surface area (Å²) in [5, 5.41) is 3.25. The second-order valence-electron chi connectivity index (χ2n) is 4.97. The van der Waals surface area contributed by atoms with Gasteiger partial charge in [0.15, 0.2) is 0 Å². The molecule has 0 aliphatic carbocycles. The molecule has 0 saturated carbocycles. The zero-order valence-corrected chi connectivity index (χ0v) is 11.1. The lowest BCUT2D eigenvalue weighted by Gasteiger charge is -2.27. The maximum Gasteiger partial charge on any atom is 0.238 e. The summed E-state index contributed by atoms with van der Waals surface area (Å²) in [6.07, 6.45) is -0.0731. The average molecular weight is 248 g/mol. The fraction of sp³-hybridized carbons (Fsp3) is 0.500. The Morgan fingerprint density at radius 3 is 2.83 bits per heavy atom. The van der Waals surface area contributed by atoms with Crippen LogP contribution in [0.3, 0.4) is 0 Å². The SMILES string of the molecule is COc1ccccc1C1NCC(=O)N1CC(C)C. The summed E-state index contributed by atoms with van der Waals surface area (Å²) in [4.78, 5) is 13.8. The first kappa shape index (κ1) is 12.9. The molecule has 0 bridgehead atoms. The van der Waals surface area contributed by atoms with E-state index in [0.29, 0.717) is 12.5 Å². The first-order chi connectivity index (χ1) is 8.63. The molecule has 2 rings (SSSR count). The average Bonchev–Trinajstić information content (AvgIpc) is 2.70.